The molecule has 0 spiro atoms. The normalized spacial score (nSPS) is 20.5. The van der Waals surface area contributed by atoms with E-state index in [4.69, 9.17) is 4.74 Å². The Labute approximate surface area is 185 Å². The van der Waals surface area contributed by atoms with E-state index in [1.54, 1.807) is 6.92 Å². The van der Waals surface area contributed by atoms with Gasteiger partial charge in [-0.15, -0.1) is 0 Å². The summed E-state index contributed by atoms with van der Waals surface area (Å²) in [4.78, 5) is 48.2. The number of benzene rings is 1. The highest BCUT2D eigenvalue weighted by atomic mass is 32.2. The van der Waals surface area contributed by atoms with E-state index in [0.717, 1.165) is 43.0 Å². The maximum absolute atomic E-state index is 13.2. The molecule has 4 rings (SSSR count). The first kappa shape index (κ1) is 21.5. The lowest BCUT2D eigenvalue weighted by atomic mass is 9.95. The van der Waals surface area contributed by atoms with Gasteiger partial charge < -0.3 is 10.1 Å². The van der Waals surface area contributed by atoms with Crippen LogP contribution in [0.1, 0.15) is 51.0 Å². The number of ether oxygens (including phenoxy) is 1. The van der Waals surface area contributed by atoms with Crippen molar-refractivity contribution in [3.8, 4) is 0 Å². The van der Waals surface area contributed by atoms with Crippen LogP contribution in [0.2, 0.25) is 0 Å². The Kier molecular flexibility index (Phi) is 6.70. The highest BCUT2D eigenvalue weighted by Gasteiger charge is 2.42. The Balaban J connectivity index is 1.51. The van der Waals surface area contributed by atoms with Crippen molar-refractivity contribution in [3.63, 3.8) is 0 Å². The van der Waals surface area contributed by atoms with Crippen LogP contribution < -0.4 is 5.32 Å². The Hall–Kier alpha value is -2.68. The molecule has 1 aliphatic carbocycles. The van der Waals surface area contributed by atoms with Crippen molar-refractivity contribution in [1.82, 2.24) is 10.2 Å². The monoisotopic (exact) mass is 442 g/mol. The Bertz CT molecular complexity index is 939. The smallest absolute Gasteiger partial charge is 0.316 e. The second-order valence-corrected chi connectivity index (χ2v) is 8.70. The average molecular weight is 443 g/mol. The number of fused-ring (bicyclic) bond motifs is 3. The molecule has 1 saturated carbocycles. The fourth-order valence-corrected chi connectivity index (χ4v) is 4.87. The zero-order chi connectivity index (χ0) is 21.8. The van der Waals surface area contributed by atoms with Crippen molar-refractivity contribution in [1.29, 1.82) is 0 Å². The Morgan fingerprint density at radius 2 is 2.00 bits per heavy atom. The van der Waals surface area contributed by atoms with E-state index < -0.39 is 6.04 Å². The van der Waals surface area contributed by atoms with Crippen molar-refractivity contribution in [2.45, 2.75) is 57.5 Å². The molecule has 0 bridgehead atoms. The molecular weight excluding hydrogens is 416 g/mol. The summed E-state index contributed by atoms with van der Waals surface area (Å²) in [5.74, 6) is -0.294. The third kappa shape index (κ3) is 4.81. The van der Waals surface area contributed by atoms with Gasteiger partial charge in [0.2, 0.25) is 5.91 Å². The number of rotatable bonds is 6. The van der Waals surface area contributed by atoms with Crippen molar-refractivity contribution >= 4 is 46.2 Å². The van der Waals surface area contributed by atoms with Gasteiger partial charge in [-0.05, 0) is 31.9 Å². The summed E-state index contributed by atoms with van der Waals surface area (Å²) in [5, 5.41) is 3.44. The number of amides is 2. The fourth-order valence-electron chi connectivity index (χ4n) is 4.07. The summed E-state index contributed by atoms with van der Waals surface area (Å²) in [6.07, 6.45) is 5.43. The second kappa shape index (κ2) is 9.64. The van der Waals surface area contributed by atoms with Gasteiger partial charge in [0.15, 0.2) is 5.17 Å². The van der Waals surface area contributed by atoms with Gasteiger partial charge in [0, 0.05) is 11.6 Å². The SMILES string of the molecule is CCOC(=O)CSC1=Nc2ccccc2C2=NC(CC(=O)NC3CCCCC3)C(=O)N12. The molecule has 2 aliphatic heterocycles. The Morgan fingerprint density at radius 3 is 2.77 bits per heavy atom. The first-order valence-corrected chi connectivity index (χ1v) is 11.7. The highest BCUT2D eigenvalue weighted by molar-refractivity contribution is 8.14. The number of thioether (sulfide) groups is 1. The minimum absolute atomic E-state index is 0.00727. The average Bonchev–Trinajstić information content (AvgIpc) is 3.09. The fraction of sp³-hybridized carbons (Fsp3) is 0.500. The summed E-state index contributed by atoms with van der Waals surface area (Å²) in [7, 11) is 0. The van der Waals surface area contributed by atoms with E-state index in [9.17, 15) is 14.4 Å². The van der Waals surface area contributed by atoms with Gasteiger partial charge in [-0.3, -0.25) is 19.4 Å². The Morgan fingerprint density at radius 1 is 1.23 bits per heavy atom. The maximum Gasteiger partial charge on any atom is 0.316 e. The van der Waals surface area contributed by atoms with Crippen LogP contribution in [0.3, 0.4) is 0 Å². The lowest BCUT2D eigenvalue weighted by Crippen LogP contribution is -2.43. The van der Waals surface area contributed by atoms with Gasteiger partial charge >= 0.3 is 5.97 Å². The molecule has 164 valence electrons. The van der Waals surface area contributed by atoms with E-state index in [1.807, 2.05) is 24.3 Å². The standard InChI is InChI=1S/C22H26N4O4S/c1-2-30-19(28)13-31-22-25-16-11-7-6-10-15(16)20-24-17(21(29)26(20)22)12-18(27)23-14-8-4-3-5-9-14/h6-7,10-11,14,17H,2-5,8-9,12-13H2,1H3,(H,23,27). The summed E-state index contributed by atoms with van der Waals surface area (Å²) in [6.45, 7) is 2.04. The molecule has 8 nitrogen and oxygen atoms in total. The van der Waals surface area contributed by atoms with Gasteiger partial charge in [0.25, 0.3) is 5.91 Å². The number of para-hydroxylation sites is 1. The lowest BCUT2D eigenvalue weighted by molar-refractivity contribution is -0.139. The van der Waals surface area contributed by atoms with Crippen LogP contribution in [0.5, 0.6) is 0 Å². The summed E-state index contributed by atoms with van der Waals surface area (Å²) < 4.78 is 4.99. The van der Waals surface area contributed by atoms with Crippen LogP contribution in [0.15, 0.2) is 34.3 Å². The van der Waals surface area contributed by atoms with E-state index in [2.05, 4.69) is 15.3 Å². The molecule has 0 saturated heterocycles. The number of hydrogen-bond acceptors (Lipinski definition) is 7. The minimum Gasteiger partial charge on any atom is -0.465 e. The summed E-state index contributed by atoms with van der Waals surface area (Å²) in [5.41, 5.74) is 1.43. The zero-order valence-electron chi connectivity index (χ0n) is 17.5. The topological polar surface area (TPSA) is 100 Å². The number of amidine groups is 2. The number of carbonyl (C=O) groups excluding carboxylic acids is 3. The van der Waals surface area contributed by atoms with Gasteiger partial charge in [-0.25, -0.2) is 9.89 Å². The van der Waals surface area contributed by atoms with Gasteiger partial charge in [0.1, 0.15) is 11.9 Å². The third-order valence-electron chi connectivity index (χ3n) is 5.52. The van der Waals surface area contributed by atoms with Crippen molar-refractivity contribution in [2.75, 3.05) is 12.4 Å². The molecule has 2 amide bonds. The quantitative estimate of drug-likeness (QED) is 0.683. The number of nitrogens with one attached hydrogen (secondary N) is 1. The number of carbonyl (C=O) groups is 3. The number of hydrogen-bond donors (Lipinski definition) is 1. The first-order valence-electron chi connectivity index (χ1n) is 10.7. The molecule has 1 aromatic carbocycles. The van der Waals surface area contributed by atoms with Crippen molar-refractivity contribution in [2.24, 2.45) is 9.98 Å². The van der Waals surface area contributed by atoms with Crippen LogP contribution in [-0.2, 0) is 19.1 Å². The molecule has 1 N–H and O–H groups in total. The molecule has 3 aliphatic rings. The molecule has 0 radical (unpaired) electrons. The van der Waals surface area contributed by atoms with E-state index in [1.165, 1.54) is 11.3 Å². The van der Waals surface area contributed by atoms with Gasteiger partial charge in [-0.1, -0.05) is 43.2 Å². The molecule has 1 fully saturated rings. The molecule has 31 heavy (non-hydrogen) atoms. The van der Waals surface area contributed by atoms with E-state index in [-0.39, 0.29) is 36.0 Å². The van der Waals surface area contributed by atoms with Crippen LogP contribution in [0.25, 0.3) is 0 Å². The molecule has 9 heteroatoms. The number of aliphatic imine (C=N–C) groups is 2. The van der Waals surface area contributed by atoms with Crippen LogP contribution in [0, 0.1) is 0 Å². The first-order chi connectivity index (χ1) is 15.1. The second-order valence-electron chi connectivity index (χ2n) is 7.75. The zero-order valence-corrected chi connectivity index (χ0v) is 18.3. The highest BCUT2D eigenvalue weighted by Crippen LogP contribution is 2.34. The van der Waals surface area contributed by atoms with Crippen molar-refractivity contribution in [3.05, 3.63) is 29.8 Å². The van der Waals surface area contributed by atoms with Gasteiger partial charge in [0.05, 0.1) is 24.5 Å². The molecule has 1 atom stereocenters. The largest absolute Gasteiger partial charge is 0.465 e. The lowest BCUT2D eigenvalue weighted by Gasteiger charge is -2.25. The predicted octanol–water partition coefficient (Wildman–Crippen LogP) is 2.78. The number of esters is 1. The van der Waals surface area contributed by atoms with E-state index in [0.29, 0.717) is 23.3 Å². The van der Waals surface area contributed by atoms with Crippen molar-refractivity contribution < 1.29 is 19.1 Å². The maximum atomic E-state index is 13.2. The molecule has 1 aromatic rings. The molecule has 1 unspecified atom stereocenters. The van der Waals surface area contributed by atoms with Crippen LogP contribution in [-0.4, -0.2) is 58.1 Å². The molecule has 2 heterocycles. The van der Waals surface area contributed by atoms with E-state index >= 15 is 0 Å². The summed E-state index contributed by atoms with van der Waals surface area (Å²) >= 11 is 1.14. The van der Waals surface area contributed by atoms with Gasteiger partial charge in [-0.2, -0.15) is 0 Å². The molecular formula is C22H26N4O4S. The van der Waals surface area contributed by atoms with Crippen LogP contribution in [0.4, 0.5) is 5.69 Å². The van der Waals surface area contributed by atoms with Crippen LogP contribution >= 0.6 is 11.8 Å². The number of nitrogens with zero attached hydrogens (tertiary/aromatic N) is 3. The summed E-state index contributed by atoms with van der Waals surface area (Å²) in [6, 6.07) is 6.81. The third-order valence-corrected chi connectivity index (χ3v) is 6.43. The minimum atomic E-state index is -0.793. The molecule has 0 aromatic heterocycles. The predicted molar refractivity (Wildman–Crippen MR) is 119 cm³/mol.